The van der Waals surface area contributed by atoms with E-state index in [0.717, 1.165) is 5.56 Å². The van der Waals surface area contributed by atoms with Crippen molar-refractivity contribution in [3.05, 3.63) is 38.3 Å². The molecule has 0 bridgehead atoms. The zero-order valence-electron chi connectivity index (χ0n) is 9.80. The first-order valence-electron chi connectivity index (χ1n) is 5.31. The van der Waals surface area contributed by atoms with Gasteiger partial charge in [0.15, 0.2) is 0 Å². The molecule has 0 saturated heterocycles. The lowest BCUT2D eigenvalue weighted by Gasteiger charge is -2.18. The standard InChI is InChI=1S/C11H13BrN2O4/c1-2-13(7-11(15)16)6-8-3-4-9(14(17)18)5-10(8)12/h3-5H,2,6-7H2,1H3,(H,15,16). The Morgan fingerprint density at radius 2 is 2.22 bits per heavy atom. The molecule has 0 radical (unpaired) electrons. The molecular weight excluding hydrogens is 304 g/mol. The highest BCUT2D eigenvalue weighted by molar-refractivity contribution is 9.10. The Morgan fingerprint density at radius 1 is 1.56 bits per heavy atom. The lowest BCUT2D eigenvalue weighted by atomic mass is 10.2. The highest BCUT2D eigenvalue weighted by Crippen LogP contribution is 2.24. The summed E-state index contributed by atoms with van der Waals surface area (Å²) in [6.07, 6.45) is 0. The Kier molecular flexibility index (Phi) is 5.24. The Balaban J connectivity index is 2.83. The van der Waals surface area contributed by atoms with Gasteiger partial charge in [-0.15, -0.1) is 0 Å². The van der Waals surface area contributed by atoms with Gasteiger partial charge in [0.1, 0.15) is 0 Å². The molecule has 1 aromatic rings. The van der Waals surface area contributed by atoms with Gasteiger partial charge in [-0.05, 0) is 18.2 Å². The number of nitro benzene ring substituents is 1. The summed E-state index contributed by atoms with van der Waals surface area (Å²) in [5.41, 5.74) is 0.829. The van der Waals surface area contributed by atoms with Gasteiger partial charge >= 0.3 is 5.97 Å². The number of carbonyl (C=O) groups is 1. The van der Waals surface area contributed by atoms with Crippen LogP contribution in [-0.2, 0) is 11.3 Å². The van der Waals surface area contributed by atoms with Gasteiger partial charge in [-0.1, -0.05) is 22.9 Å². The molecule has 7 heteroatoms. The van der Waals surface area contributed by atoms with Gasteiger partial charge in [-0.2, -0.15) is 0 Å². The Bertz CT molecular complexity index is 464. The first-order valence-corrected chi connectivity index (χ1v) is 6.10. The predicted octanol–water partition coefficient (Wildman–Crippen LogP) is 2.26. The molecule has 0 aromatic heterocycles. The number of non-ortho nitro benzene ring substituents is 1. The van der Waals surface area contributed by atoms with Crippen LogP contribution < -0.4 is 0 Å². The molecule has 0 aliphatic rings. The van der Waals surface area contributed by atoms with E-state index in [1.54, 1.807) is 11.0 Å². The molecule has 0 atom stereocenters. The van der Waals surface area contributed by atoms with Gasteiger partial charge in [0.05, 0.1) is 11.5 Å². The van der Waals surface area contributed by atoms with Crippen LogP contribution in [0.4, 0.5) is 5.69 Å². The summed E-state index contributed by atoms with van der Waals surface area (Å²) < 4.78 is 0.612. The molecule has 18 heavy (non-hydrogen) atoms. The van der Waals surface area contributed by atoms with Crippen LogP contribution in [0.5, 0.6) is 0 Å². The minimum absolute atomic E-state index is 0.00640. The number of hydrogen-bond donors (Lipinski definition) is 1. The van der Waals surface area contributed by atoms with Crippen LogP contribution in [0.3, 0.4) is 0 Å². The van der Waals surface area contributed by atoms with Crippen molar-refractivity contribution in [1.82, 2.24) is 4.90 Å². The van der Waals surface area contributed by atoms with Crippen LogP contribution in [0.2, 0.25) is 0 Å². The van der Waals surface area contributed by atoms with Crippen molar-refractivity contribution in [2.24, 2.45) is 0 Å². The maximum atomic E-state index is 10.6. The predicted molar refractivity (Wildman–Crippen MR) is 69.4 cm³/mol. The molecule has 0 spiro atoms. The van der Waals surface area contributed by atoms with E-state index in [2.05, 4.69) is 15.9 Å². The average Bonchev–Trinajstić information content (AvgIpc) is 2.29. The van der Waals surface area contributed by atoms with Crippen LogP contribution in [0, 0.1) is 10.1 Å². The minimum Gasteiger partial charge on any atom is -0.480 e. The Labute approximate surface area is 112 Å². The summed E-state index contributed by atoms with van der Waals surface area (Å²) in [6.45, 7) is 2.83. The van der Waals surface area contributed by atoms with Crippen LogP contribution in [0.25, 0.3) is 0 Å². The third-order valence-electron chi connectivity index (χ3n) is 2.45. The van der Waals surface area contributed by atoms with Crippen molar-refractivity contribution in [3.8, 4) is 0 Å². The molecule has 0 aliphatic carbocycles. The Morgan fingerprint density at radius 3 is 2.67 bits per heavy atom. The first kappa shape index (κ1) is 14.6. The van der Waals surface area contributed by atoms with Crippen LogP contribution >= 0.6 is 15.9 Å². The fraction of sp³-hybridized carbons (Fsp3) is 0.364. The fourth-order valence-electron chi connectivity index (χ4n) is 1.49. The van der Waals surface area contributed by atoms with E-state index >= 15 is 0 Å². The molecular formula is C11H13BrN2O4. The highest BCUT2D eigenvalue weighted by Gasteiger charge is 2.13. The van der Waals surface area contributed by atoms with E-state index in [-0.39, 0.29) is 12.2 Å². The van der Waals surface area contributed by atoms with Crippen LogP contribution in [0.1, 0.15) is 12.5 Å². The monoisotopic (exact) mass is 316 g/mol. The van der Waals surface area contributed by atoms with E-state index in [1.165, 1.54) is 12.1 Å². The van der Waals surface area contributed by atoms with Crippen molar-refractivity contribution < 1.29 is 14.8 Å². The number of likely N-dealkylation sites (N-methyl/N-ethyl adjacent to an activating group) is 1. The van der Waals surface area contributed by atoms with Gasteiger partial charge < -0.3 is 5.11 Å². The molecule has 0 fully saturated rings. The molecule has 98 valence electrons. The number of halogens is 1. The zero-order valence-corrected chi connectivity index (χ0v) is 11.4. The third-order valence-corrected chi connectivity index (χ3v) is 3.19. The number of nitro groups is 1. The average molecular weight is 317 g/mol. The molecule has 0 amide bonds. The molecule has 0 saturated carbocycles. The summed E-state index contributed by atoms with van der Waals surface area (Å²) in [5.74, 6) is -0.894. The fourth-order valence-corrected chi connectivity index (χ4v) is 1.98. The SMILES string of the molecule is CCN(CC(=O)O)Cc1ccc([N+](=O)[O-])cc1Br. The number of carboxylic acid groups (broad SMARTS) is 1. The van der Waals surface area contributed by atoms with E-state index in [1.807, 2.05) is 6.92 Å². The molecule has 1 aromatic carbocycles. The number of carboxylic acids is 1. The van der Waals surface area contributed by atoms with E-state index < -0.39 is 10.9 Å². The lowest BCUT2D eigenvalue weighted by molar-refractivity contribution is -0.384. The molecule has 0 unspecified atom stereocenters. The third kappa shape index (κ3) is 4.08. The summed E-state index contributed by atoms with van der Waals surface area (Å²) in [6, 6.07) is 4.46. The van der Waals surface area contributed by atoms with Gasteiger partial charge in [0, 0.05) is 23.2 Å². The van der Waals surface area contributed by atoms with Crippen molar-refractivity contribution in [2.45, 2.75) is 13.5 Å². The minimum atomic E-state index is -0.894. The normalized spacial score (nSPS) is 10.6. The second-order valence-corrected chi connectivity index (χ2v) is 4.58. The topological polar surface area (TPSA) is 83.7 Å². The first-order chi connectivity index (χ1) is 8.43. The summed E-state index contributed by atoms with van der Waals surface area (Å²) in [7, 11) is 0. The molecule has 0 aliphatic heterocycles. The van der Waals surface area contributed by atoms with Gasteiger partial charge in [0.2, 0.25) is 0 Å². The molecule has 1 N–H and O–H groups in total. The van der Waals surface area contributed by atoms with E-state index in [9.17, 15) is 14.9 Å². The van der Waals surface area contributed by atoms with Gasteiger partial charge in [-0.25, -0.2) is 0 Å². The summed E-state index contributed by atoms with van der Waals surface area (Å²) in [4.78, 5) is 22.5. The number of nitrogens with zero attached hydrogens (tertiary/aromatic N) is 2. The van der Waals surface area contributed by atoms with Crippen LogP contribution in [0.15, 0.2) is 22.7 Å². The van der Waals surface area contributed by atoms with Crippen molar-refractivity contribution in [2.75, 3.05) is 13.1 Å². The second kappa shape index (κ2) is 6.46. The maximum Gasteiger partial charge on any atom is 0.317 e. The van der Waals surface area contributed by atoms with E-state index in [0.29, 0.717) is 17.6 Å². The summed E-state index contributed by atoms with van der Waals surface area (Å²) >= 11 is 3.26. The maximum absolute atomic E-state index is 10.6. The molecule has 6 nitrogen and oxygen atoms in total. The second-order valence-electron chi connectivity index (χ2n) is 3.73. The summed E-state index contributed by atoms with van der Waals surface area (Å²) in [5, 5.41) is 19.3. The van der Waals surface area contributed by atoms with Crippen LogP contribution in [-0.4, -0.2) is 34.0 Å². The lowest BCUT2D eigenvalue weighted by Crippen LogP contribution is -2.29. The Hall–Kier alpha value is -1.47. The number of rotatable bonds is 6. The van der Waals surface area contributed by atoms with Crippen molar-refractivity contribution in [1.29, 1.82) is 0 Å². The highest BCUT2D eigenvalue weighted by atomic mass is 79.9. The largest absolute Gasteiger partial charge is 0.480 e. The molecule has 0 heterocycles. The quantitative estimate of drug-likeness (QED) is 0.643. The number of hydrogen-bond acceptors (Lipinski definition) is 4. The zero-order chi connectivity index (χ0) is 13.7. The van der Waals surface area contributed by atoms with Crippen molar-refractivity contribution in [3.63, 3.8) is 0 Å². The van der Waals surface area contributed by atoms with Gasteiger partial charge in [0.25, 0.3) is 5.69 Å². The smallest absolute Gasteiger partial charge is 0.317 e. The van der Waals surface area contributed by atoms with Crippen molar-refractivity contribution >= 4 is 27.6 Å². The van der Waals surface area contributed by atoms with E-state index in [4.69, 9.17) is 5.11 Å². The molecule has 1 rings (SSSR count). The van der Waals surface area contributed by atoms with Gasteiger partial charge in [-0.3, -0.25) is 19.8 Å². The number of benzene rings is 1. The number of aliphatic carboxylic acids is 1.